The maximum absolute atomic E-state index is 11.8. The summed E-state index contributed by atoms with van der Waals surface area (Å²) in [7, 11) is 0. The van der Waals surface area contributed by atoms with Crippen LogP contribution in [0, 0.1) is 0 Å². The third kappa shape index (κ3) is 6.42. The zero-order chi connectivity index (χ0) is 33.8. The summed E-state index contributed by atoms with van der Waals surface area (Å²) in [6.45, 7) is 26.1. The van der Waals surface area contributed by atoms with E-state index in [0.29, 0.717) is 5.75 Å². The monoisotopic (exact) mass is 606 g/mol. The second-order valence-electron chi connectivity index (χ2n) is 16.8. The van der Waals surface area contributed by atoms with Gasteiger partial charge in [-0.05, 0) is 96.0 Å². The lowest BCUT2D eigenvalue weighted by molar-refractivity contribution is 0.275. The van der Waals surface area contributed by atoms with Gasteiger partial charge in [-0.3, -0.25) is 0 Å². The predicted molar refractivity (Wildman–Crippen MR) is 189 cm³/mol. The van der Waals surface area contributed by atoms with E-state index in [4.69, 9.17) is 0 Å². The van der Waals surface area contributed by atoms with Crippen molar-refractivity contribution in [1.82, 2.24) is 0 Å². The molecule has 0 heterocycles. The summed E-state index contributed by atoms with van der Waals surface area (Å²) in [6, 6.07) is 27.1. The number of aliphatic hydroxyl groups is 1. The van der Waals surface area contributed by atoms with Gasteiger partial charge in [0.15, 0.2) is 0 Å². The molecule has 3 nitrogen and oxygen atoms in total. The number of aliphatic hydroxyl groups excluding tert-OH is 1. The van der Waals surface area contributed by atoms with E-state index in [-0.39, 0.29) is 34.0 Å². The molecule has 0 amide bonds. The van der Waals surface area contributed by atoms with Crippen molar-refractivity contribution < 1.29 is 15.3 Å². The second-order valence-corrected chi connectivity index (χ2v) is 16.8. The highest BCUT2D eigenvalue weighted by atomic mass is 16.3. The van der Waals surface area contributed by atoms with Gasteiger partial charge in [0.2, 0.25) is 0 Å². The van der Waals surface area contributed by atoms with Gasteiger partial charge in [0.25, 0.3) is 0 Å². The summed E-state index contributed by atoms with van der Waals surface area (Å²) in [5.74, 6) is 0.548. The van der Waals surface area contributed by atoms with E-state index in [0.717, 1.165) is 50.1 Å². The van der Waals surface area contributed by atoms with Crippen LogP contribution in [0.5, 0.6) is 11.5 Å². The lowest BCUT2D eigenvalue weighted by atomic mass is 9.61. The van der Waals surface area contributed by atoms with Crippen LogP contribution in [0.3, 0.4) is 0 Å². The molecule has 4 aromatic carbocycles. The number of benzene rings is 4. The molecular weight excluding hydrogens is 552 g/mol. The maximum atomic E-state index is 11.8. The molecule has 0 aromatic heterocycles. The molecule has 4 rings (SSSR count). The molecule has 4 aromatic rings. The Bertz CT molecular complexity index is 1580. The summed E-state index contributed by atoms with van der Waals surface area (Å²) in [5, 5.41) is 33.1. The molecule has 0 fully saturated rings. The number of phenols is 2. The van der Waals surface area contributed by atoms with Gasteiger partial charge in [-0.15, -0.1) is 0 Å². The molecule has 45 heavy (non-hydrogen) atoms. The minimum atomic E-state index is -0.823. The first-order chi connectivity index (χ1) is 20.6. The average molecular weight is 607 g/mol. The molecule has 0 saturated heterocycles. The smallest absolute Gasteiger partial charge is 0.123 e. The Labute approximate surface area is 272 Å². The number of aromatic hydroxyl groups is 2. The Morgan fingerprint density at radius 3 is 1.16 bits per heavy atom. The van der Waals surface area contributed by atoms with Crippen molar-refractivity contribution in [3.05, 3.63) is 129 Å². The molecular formula is C42H54O3. The molecule has 0 saturated carbocycles. The van der Waals surface area contributed by atoms with Gasteiger partial charge in [0.05, 0.1) is 12.0 Å². The maximum Gasteiger partial charge on any atom is 0.123 e. The zero-order valence-corrected chi connectivity index (χ0v) is 29.6. The Balaban J connectivity index is 2.39. The zero-order valence-electron chi connectivity index (χ0n) is 29.6. The van der Waals surface area contributed by atoms with Crippen LogP contribution in [0.15, 0.2) is 78.9 Å². The van der Waals surface area contributed by atoms with Crippen molar-refractivity contribution in [2.45, 2.75) is 117 Å². The summed E-state index contributed by atoms with van der Waals surface area (Å²) < 4.78 is 0. The predicted octanol–water partition coefficient (Wildman–Crippen LogP) is 10.2. The molecule has 0 aliphatic rings. The van der Waals surface area contributed by atoms with Crippen LogP contribution in [-0.4, -0.2) is 15.3 Å². The molecule has 3 heteroatoms. The van der Waals surface area contributed by atoms with E-state index < -0.39 is 5.41 Å². The van der Waals surface area contributed by atoms with E-state index in [1.54, 1.807) is 12.1 Å². The van der Waals surface area contributed by atoms with Crippen LogP contribution in [0.2, 0.25) is 0 Å². The number of hydrogen-bond acceptors (Lipinski definition) is 3. The van der Waals surface area contributed by atoms with Gasteiger partial charge in [0.1, 0.15) is 11.5 Å². The van der Waals surface area contributed by atoms with E-state index >= 15 is 0 Å². The van der Waals surface area contributed by atoms with Gasteiger partial charge in [-0.1, -0.05) is 138 Å². The van der Waals surface area contributed by atoms with Crippen molar-refractivity contribution in [2.24, 2.45) is 0 Å². The first kappa shape index (κ1) is 34.3. The first-order valence-corrected chi connectivity index (χ1v) is 16.2. The normalized spacial score (nSPS) is 14.3. The molecule has 3 N–H and O–H groups in total. The highest BCUT2D eigenvalue weighted by Crippen LogP contribution is 2.51. The first-order valence-electron chi connectivity index (χ1n) is 16.2. The van der Waals surface area contributed by atoms with Gasteiger partial charge in [-0.2, -0.15) is 0 Å². The van der Waals surface area contributed by atoms with Crippen LogP contribution < -0.4 is 0 Å². The van der Waals surface area contributed by atoms with E-state index in [1.807, 2.05) is 18.2 Å². The van der Waals surface area contributed by atoms with Crippen molar-refractivity contribution in [3.8, 4) is 11.5 Å². The van der Waals surface area contributed by atoms with Gasteiger partial charge < -0.3 is 15.3 Å². The Hall–Kier alpha value is -3.56. The molecule has 0 aliphatic heterocycles. The second kappa shape index (κ2) is 11.7. The van der Waals surface area contributed by atoms with Crippen LogP contribution >= 0.6 is 0 Å². The Morgan fingerprint density at radius 2 is 0.800 bits per heavy atom. The lowest BCUT2D eigenvalue weighted by Gasteiger charge is -2.41. The molecule has 0 aliphatic carbocycles. The highest BCUT2D eigenvalue weighted by molar-refractivity contribution is 5.65. The van der Waals surface area contributed by atoms with Gasteiger partial charge in [-0.25, -0.2) is 0 Å². The van der Waals surface area contributed by atoms with Gasteiger partial charge in [0, 0.05) is 0 Å². The Morgan fingerprint density at radius 1 is 0.444 bits per heavy atom. The standard InChI is InChI=1S/C42H54O3/c1-38(2,3)33-22-29(23-34(32(33)26-43)39(4,5)6)42(27-16-14-13-15-17-27,28-18-20-31(44)21-19-28)30-24-35(40(7,8)9)37(45)36(25-30)41(10,11)12/h13-25,43-45H,26H2,1-12H3. The van der Waals surface area contributed by atoms with E-state index in [1.165, 1.54) is 0 Å². The van der Waals surface area contributed by atoms with Crippen LogP contribution in [0.25, 0.3) is 0 Å². The van der Waals surface area contributed by atoms with Crippen LogP contribution in [0.1, 0.15) is 133 Å². The van der Waals surface area contributed by atoms with Crippen LogP contribution in [-0.2, 0) is 33.7 Å². The minimum absolute atomic E-state index is 0.0431. The molecule has 0 bridgehead atoms. The van der Waals surface area contributed by atoms with Gasteiger partial charge >= 0.3 is 0 Å². The minimum Gasteiger partial charge on any atom is -0.508 e. The number of hydrogen-bond donors (Lipinski definition) is 3. The molecule has 1 atom stereocenters. The molecule has 0 spiro atoms. The fourth-order valence-corrected chi connectivity index (χ4v) is 6.79. The number of phenolic OH excluding ortho intramolecular Hbond substituents is 2. The molecule has 0 radical (unpaired) electrons. The Kier molecular flexibility index (Phi) is 8.89. The fourth-order valence-electron chi connectivity index (χ4n) is 6.79. The summed E-state index contributed by atoms with van der Waals surface area (Å²) in [6.07, 6.45) is 0. The van der Waals surface area contributed by atoms with E-state index in [9.17, 15) is 15.3 Å². The summed E-state index contributed by atoms with van der Waals surface area (Å²) >= 11 is 0. The van der Waals surface area contributed by atoms with Crippen molar-refractivity contribution in [1.29, 1.82) is 0 Å². The summed E-state index contributed by atoms with van der Waals surface area (Å²) in [4.78, 5) is 0. The largest absolute Gasteiger partial charge is 0.508 e. The van der Waals surface area contributed by atoms with Crippen molar-refractivity contribution >= 4 is 0 Å². The lowest BCUT2D eigenvalue weighted by Crippen LogP contribution is -2.34. The van der Waals surface area contributed by atoms with Crippen molar-refractivity contribution in [2.75, 3.05) is 0 Å². The van der Waals surface area contributed by atoms with Crippen LogP contribution in [0.4, 0.5) is 0 Å². The SMILES string of the molecule is CC(C)(C)c1cc(C(c2ccccc2)(c2ccc(O)cc2)c2cc(C(C)(C)C)c(CO)c(C(C)(C)C)c2)cc(C(C)(C)C)c1O. The third-order valence-corrected chi connectivity index (χ3v) is 9.12. The molecule has 240 valence electrons. The summed E-state index contributed by atoms with van der Waals surface area (Å²) in [5.41, 5.74) is 7.23. The molecule has 1 unspecified atom stereocenters. The quantitative estimate of drug-likeness (QED) is 0.198. The average Bonchev–Trinajstić information content (AvgIpc) is 2.92. The highest BCUT2D eigenvalue weighted by Gasteiger charge is 2.42. The third-order valence-electron chi connectivity index (χ3n) is 9.12. The van der Waals surface area contributed by atoms with Crippen molar-refractivity contribution in [3.63, 3.8) is 0 Å². The van der Waals surface area contributed by atoms with E-state index in [2.05, 4.69) is 132 Å². The number of rotatable bonds is 5. The fraction of sp³-hybridized carbons (Fsp3) is 0.429. The topological polar surface area (TPSA) is 60.7 Å².